The van der Waals surface area contributed by atoms with Crippen molar-refractivity contribution in [2.75, 3.05) is 26.7 Å². The molecule has 0 spiro atoms. The van der Waals surface area contributed by atoms with Crippen LogP contribution in [0.1, 0.15) is 45.4 Å². The van der Waals surface area contributed by atoms with Crippen LogP contribution in [0.2, 0.25) is 0 Å². The Morgan fingerprint density at radius 3 is 2.89 bits per heavy atom. The molecule has 106 valence electrons. The van der Waals surface area contributed by atoms with Gasteiger partial charge >= 0.3 is 0 Å². The first kappa shape index (κ1) is 14.3. The monoisotopic (exact) mass is 254 g/mol. The van der Waals surface area contributed by atoms with Gasteiger partial charge in [0.2, 0.25) is 0 Å². The Morgan fingerprint density at radius 1 is 1.28 bits per heavy atom. The molecule has 3 heteroatoms. The van der Waals surface area contributed by atoms with Crippen LogP contribution in [0.3, 0.4) is 0 Å². The highest BCUT2D eigenvalue weighted by Gasteiger charge is 2.26. The average Bonchev–Trinajstić information content (AvgIpc) is 2.87. The summed E-state index contributed by atoms with van der Waals surface area (Å²) in [6, 6.07) is 0.603. The van der Waals surface area contributed by atoms with Crippen LogP contribution in [0.4, 0.5) is 0 Å². The van der Waals surface area contributed by atoms with Crippen LogP contribution in [-0.2, 0) is 4.74 Å². The van der Waals surface area contributed by atoms with Crippen LogP contribution >= 0.6 is 0 Å². The summed E-state index contributed by atoms with van der Waals surface area (Å²) in [4.78, 5) is 0. The van der Waals surface area contributed by atoms with Gasteiger partial charge in [-0.15, -0.1) is 0 Å². The first-order valence-electron chi connectivity index (χ1n) is 7.78. The molecule has 18 heavy (non-hydrogen) atoms. The van der Waals surface area contributed by atoms with E-state index in [-0.39, 0.29) is 0 Å². The topological polar surface area (TPSA) is 33.3 Å². The summed E-state index contributed by atoms with van der Waals surface area (Å²) in [6.07, 6.45) is 8.37. The van der Waals surface area contributed by atoms with Crippen LogP contribution in [0.25, 0.3) is 0 Å². The van der Waals surface area contributed by atoms with Crippen molar-refractivity contribution in [3.8, 4) is 0 Å². The fourth-order valence-electron chi connectivity index (χ4n) is 3.54. The number of ether oxygens (including phenoxy) is 1. The highest BCUT2D eigenvalue weighted by Crippen LogP contribution is 2.24. The second-order valence-corrected chi connectivity index (χ2v) is 6.14. The minimum atomic E-state index is 0.455. The van der Waals surface area contributed by atoms with E-state index in [4.69, 9.17) is 4.74 Å². The fourth-order valence-corrected chi connectivity index (χ4v) is 3.54. The number of rotatable bonds is 6. The quantitative estimate of drug-likeness (QED) is 0.762. The zero-order valence-corrected chi connectivity index (χ0v) is 12.1. The van der Waals surface area contributed by atoms with Crippen molar-refractivity contribution in [1.82, 2.24) is 10.6 Å². The standard InChI is InChI=1S/C15H30N2O/c1-12(13-5-4-9-16-11-13)8-10-17-14-6-3-7-15(14)18-2/h12-17H,3-11H2,1-2H3. The van der Waals surface area contributed by atoms with Gasteiger partial charge in [0.15, 0.2) is 0 Å². The summed E-state index contributed by atoms with van der Waals surface area (Å²) in [5, 5.41) is 7.23. The van der Waals surface area contributed by atoms with Crippen molar-refractivity contribution < 1.29 is 4.74 Å². The maximum absolute atomic E-state index is 5.53. The maximum Gasteiger partial charge on any atom is 0.0724 e. The highest BCUT2D eigenvalue weighted by molar-refractivity contribution is 4.84. The van der Waals surface area contributed by atoms with E-state index in [2.05, 4.69) is 17.6 Å². The summed E-state index contributed by atoms with van der Waals surface area (Å²) in [7, 11) is 1.85. The first-order chi connectivity index (χ1) is 8.81. The number of hydrogen-bond acceptors (Lipinski definition) is 3. The minimum Gasteiger partial charge on any atom is -0.380 e. The van der Waals surface area contributed by atoms with Gasteiger partial charge in [-0.2, -0.15) is 0 Å². The summed E-state index contributed by atoms with van der Waals surface area (Å²) in [5.74, 6) is 1.73. The number of piperidine rings is 1. The van der Waals surface area contributed by atoms with Crippen LogP contribution in [0.5, 0.6) is 0 Å². The Hall–Kier alpha value is -0.120. The number of nitrogens with one attached hydrogen (secondary N) is 2. The predicted octanol–water partition coefficient (Wildman–Crippen LogP) is 2.17. The second kappa shape index (κ2) is 7.46. The summed E-state index contributed by atoms with van der Waals surface area (Å²) >= 11 is 0. The molecule has 2 aliphatic rings. The van der Waals surface area contributed by atoms with Gasteiger partial charge < -0.3 is 15.4 Å². The fraction of sp³-hybridized carbons (Fsp3) is 1.00. The van der Waals surface area contributed by atoms with Crippen LogP contribution in [-0.4, -0.2) is 38.9 Å². The van der Waals surface area contributed by atoms with E-state index in [0.29, 0.717) is 12.1 Å². The second-order valence-electron chi connectivity index (χ2n) is 6.14. The van der Waals surface area contributed by atoms with E-state index >= 15 is 0 Å². The molecule has 4 atom stereocenters. The maximum atomic E-state index is 5.53. The van der Waals surface area contributed by atoms with E-state index in [1.807, 2.05) is 7.11 Å². The smallest absolute Gasteiger partial charge is 0.0724 e. The molecule has 2 fully saturated rings. The Labute approximate surface area is 112 Å². The predicted molar refractivity (Wildman–Crippen MR) is 75.8 cm³/mol. The molecule has 1 saturated heterocycles. The van der Waals surface area contributed by atoms with E-state index < -0.39 is 0 Å². The average molecular weight is 254 g/mol. The molecule has 0 radical (unpaired) electrons. The van der Waals surface area contributed by atoms with E-state index in [0.717, 1.165) is 18.4 Å². The molecule has 0 aromatic heterocycles. The van der Waals surface area contributed by atoms with Gasteiger partial charge in [-0.3, -0.25) is 0 Å². The van der Waals surface area contributed by atoms with Gasteiger partial charge in [-0.05, 0) is 70.0 Å². The lowest BCUT2D eigenvalue weighted by Gasteiger charge is -2.29. The van der Waals surface area contributed by atoms with Crippen molar-refractivity contribution in [2.24, 2.45) is 11.8 Å². The molecule has 4 unspecified atom stereocenters. The number of methoxy groups -OCH3 is 1. The molecule has 1 saturated carbocycles. The molecule has 1 aliphatic heterocycles. The molecule has 0 aromatic rings. The van der Waals surface area contributed by atoms with E-state index in [1.54, 1.807) is 0 Å². The van der Waals surface area contributed by atoms with Gasteiger partial charge in [-0.25, -0.2) is 0 Å². The Morgan fingerprint density at radius 2 is 2.17 bits per heavy atom. The third kappa shape index (κ3) is 3.94. The Bertz CT molecular complexity index is 229. The molecule has 1 heterocycles. The first-order valence-corrected chi connectivity index (χ1v) is 7.78. The molecule has 2 rings (SSSR count). The number of hydrogen-bond donors (Lipinski definition) is 2. The molecule has 0 aromatic carbocycles. The molecular weight excluding hydrogens is 224 g/mol. The molecule has 2 N–H and O–H groups in total. The molecular formula is C15H30N2O. The van der Waals surface area contributed by atoms with Crippen LogP contribution in [0, 0.1) is 11.8 Å². The lowest BCUT2D eigenvalue weighted by Crippen LogP contribution is -2.39. The van der Waals surface area contributed by atoms with Crippen molar-refractivity contribution in [2.45, 2.75) is 57.6 Å². The van der Waals surface area contributed by atoms with Crippen molar-refractivity contribution >= 4 is 0 Å². The Kier molecular flexibility index (Phi) is 5.93. The minimum absolute atomic E-state index is 0.455. The molecule has 1 aliphatic carbocycles. The molecule has 0 amide bonds. The van der Waals surface area contributed by atoms with E-state index in [1.165, 1.54) is 51.6 Å². The lowest BCUT2D eigenvalue weighted by atomic mass is 9.85. The van der Waals surface area contributed by atoms with Crippen molar-refractivity contribution in [3.05, 3.63) is 0 Å². The van der Waals surface area contributed by atoms with Crippen molar-refractivity contribution in [1.29, 1.82) is 0 Å². The SMILES string of the molecule is COC1CCCC1NCCC(C)C1CCCNC1. The lowest BCUT2D eigenvalue weighted by molar-refractivity contribution is 0.0844. The van der Waals surface area contributed by atoms with Gasteiger partial charge in [0.1, 0.15) is 0 Å². The van der Waals surface area contributed by atoms with Gasteiger partial charge in [-0.1, -0.05) is 6.92 Å². The molecule has 0 bridgehead atoms. The van der Waals surface area contributed by atoms with Crippen molar-refractivity contribution in [3.63, 3.8) is 0 Å². The molecule has 3 nitrogen and oxygen atoms in total. The highest BCUT2D eigenvalue weighted by atomic mass is 16.5. The summed E-state index contributed by atoms with van der Waals surface area (Å²) in [5.41, 5.74) is 0. The zero-order chi connectivity index (χ0) is 12.8. The van der Waals surface area contributed by atoms with Gasteiger partial charge in [0.05, 0.1) is 6.10 Å². The van der Waals surface area contributed by atoms with Crippen LogP contribution in [0.15, 0.2) is 0 Å². The van der Waals surface area contributed by atoms with Crippen LogP contribution < -0.4 is 10.6 Å². The normalized spacial score (nSPS) is 34.7. The largest absolute Gasteiger partial charge is 0.380 e. The van der Waals surface area contributed by atoms with Gasteiger partial charge in [0, 0.05) is 13.2 Å². The Balaban J connectivity index is 1.62. The zero-order valence-electron chi connectivity index (χ0n) is 12.1. The van der Waals surface area contributed by atoms with Gasteiger partial charge in [0.25, 0.3) is 0 Å². The summed E-state index contributed by atoms with van der Waals surface area (Å²) in [6.45, 7) is 6.02. The van der Waals surface area contributed by atoms with E-state index in [9.17, 15) is 0 Å². The third-order valence-electron chi connectivity index (χ3n) is 4.90. The third-order valence-corrected chi connectivity index (χ3v) is 4.90. The summed E-state index contributed by atoms with van der Waals surface area (Å²) < 4.78 is 5.53.